The van der Waals surface area contributed by atoms with Crippen molar-refractivity contribution < 1.29 is 27.6 Å². The second-order valence-corrected chi connectivity index (χ2v) is 10.1. The first-order valence-electron chi connectivity index (χ1n) is 13.1. The number of methoxy groups -OCH3 is 1. The smallest absolute Gasteiger partial charge is 0.416 e. The van der Waals surface area contributed by atoms with Gasteiger partial charge in [-0.05, 0) is 49.7 Å². The van der Waals surface area contributed by atoms with Gasteiger partial charge < -0.3 is 19.9 Å². The lowest BCUT2D eigenvalue weighted by molar-refractivity contribution is -0.385. The van der Waals surface area contributed by atoms with Gasteiger partial charge in [-0.3, -0.25) is 14.9 Å². The molecule has 0 aliphatic rings. The summed E-state index contributed by atoms with van der Waals surface area (Å²) < 4.78 is 45.8. The van der Waals surface area contributed by atoms with E-state index in [2.05, 4.69) is 20.3 Å². The maximum absolute atomic E-state index is 13.5. The van der Waals surface area contributed by atoms with Crippen molar-refractivity contribution in [2.75, 3.05) is 38.5 Å². The molecule has 1 atom stereocenters. The SMILES string of the molecule is COc1ncc(N(C)c2ccc3nc(C)nc(N[C@H](C)c4cc([N+](=O)[O-])cc(C(F)(F)F)c4)c3c2)cc1CC(=O)N(C)C. The number of pyridine rings is 1. The third kappa shape index (κ3) is 6.90. The Kier molecular flexibility index (Phi) is 8.69. The van der Waals surface area contributed by atoms with Crippen LogP contribution in [-0.4, -0.2) is 58.9 Å². The van der Waals surface area contributed by atoms with Crippen molar-refractivity contribution in [1.29, 1.82) is 0 Å². The molecule has 2 heterocycles. The van der Waals surface area contributed by atoms with E-state index in [0.29, 0.717) is 51.4 Å². The average Bonchev–Trinajstić information content (AvgIpc) is 2.95. The third-order valence-electron chi connectivity index (χ3n) is 6.84. The van der Waals surface area contributed by atoms with Crippen molar-refractivity contribution in [3.63, 3.8) is 0 Å². The van der Waals surface area contributed by atoms with Crippen LogP contribution in [0.25, 0.3) is 10.9 Å². The molecule has 43 heavy (non-hydrogen) atoms. The summed E-state index contributed by atoms with van der Waals surface area (Å²) in [6, 6.07) is 8.98. The minimum atomic E-state index is -4.76. The number of fused-ring (bicyclic) bond motifs is 1. The Morgan fingerprint density at radius 1 is 1.09 bits per heavy atom. The quantitative estimate of drug-likeness (QED) is 0.187. The highest BCUT2D eigenvalue weighted by atomic mass is 19.4. The Morgan fingerprint density at radius 3 is 2.44 bits per heavy atom. The number of nitrogens with one attached hydrogen (secondary N) is 1. The molecule has 0 saturated carbocycles. The molecule has 11 nitrogen and oxygen atoms in total. The summed E-state index contributed by atoms with van der Waals surface area (Å²) in [5.74, 6) is 0.988. The Hall–Kier alpha value is -5.01. The zero-order valence-electron chi connectivity index (χ0n) is 24.4. The Morgan fingerprint density at radius 2 is 1.81 bits per heavy atom. The molecular weight excluding hydrogens is 567 g/mol. The van der Waals surface area contributed by atoms with Crippen LogP contribution in [-0.2, 0) is 17.4 Å². The molecule has 0 bridgehead atoms. The molecule has 1 amide bonds. The van der Waals surface area contributed by atoms with E-state index in [1.807, 2.05) is 30.1 Å². The molecule has 4 aromatic rings. The third-order valence-corrected chi connectivity index (χ3v) is 6.84. The first-order chi connectivity index (χ1) is 20.2. The van der Waals surface area contributed by atoms with Crippen molar-refractivity contribution in [3.05, 3.63) is 81.3 Å². The van der Waals surface area contributed by atoms with Gasteiger partial charge in [-0.15, -0.1) is 0 Å². The van der Waals surface area contributed by atoms with E-state index >= 15 is 0 Å². The van der Waals surface area contributed by atoms with Crippen LogP contribution in [0.4, 0.5) is 36.1 Å². The van der Waals surface area contributed by atoms with Crippen molar-refractivity contribution in [3.8, 4) is 5.88 Å². The molecule has 0 aliphatic heterocycles. The van der Waals surface area contributed by atoms with Gasteiger partial charge in [0.1, 0.15) is 11.6 Å². The predicted molar refractivity (Wildman–Crippen MR) is 156 cm³/mol. The van der Waals surface area contributed by atoms with E-state index in [4.69, 9.17) is 4.74 Å². The number of hydrogen-bond donors (Lipinski definition) is 1. The van der Waals surface area contributed by atoms with Crippen molar-refractivity contribution >= 4 is 39.7 Å². The summed E-state index contributed by atoms with van der Waals surface area (Å²) in [7, 11) is 6.62. The lowest BCUT2D eigenvalue weighted by Crippen LogP contribution is -2.24. The van der Waals surface area contributed by atoms with Crippen molar-refractivity contribution in [2.45, 2.75) is 32.5 Å². The number of carbonyl (C=O) groups excluding carboxylic acids is 1. The van der Waals surface area contributed by atoms with Gasteiger partial charge in [0.2, 0.25) is 11.8 Å². The zero-order chi connectivity index (χ0) is 31.6. The number of hydrogen-bond acceptors (Lipinski definition) is 9. The zero-order valence-corrected chi connectivity index (χ0v) is 24.4. The Bertz CT molecular complexity index is 1700. The fourth-order valence-corrected chi connectivity index (χ4v) is 4.44. The summed E-state index contributed by atoms with van der Waals surface area (Å²) in [6.07, 6.45) is -3.05. The van der Waals surface area contributed by atoms with E-state index in [-0.39, 0.29) is 17.9 Å². The van der Waals surface area contributed by atoms with Gasteiger partial charge in [0, 0.05) is 49.9 Å². The van der Waals surface area contributed by atoms with Crippen LogP contribution in [0.3, 0.4) is 0 Å². The summed E-state index contributed by atoms with van der Waals surface area (Å²) in [4.78, 5) is 39.5. The fraction of sp³-hybridized carbons (Fsp3) is 0.310. The number of likely N-dealkylation sites (N-methyl/N-ethyl adjacent to an activating group) is 1. The lowest BCUT2D eigenvalue weighted by atomic mass is 10.0. The normalized spacial score (nSPS) is 12.1. The van der Waals surface area contributed by atoms with Gasteiger partial charge in [0.25, 0.3) is 5.69 Å². The second-order valence-electron chi connectivity index (χ2n) is 10.1. The summed E-state index contributed by atoms with van der Waals surface area (Å²) in [6.45, 7) is 3.28. The van der Waals surface area contributed by atoms with Gasteiger partial charge in [-0.1, -0.05) is 0 Å². The number of nitro groups is 1. The van der Waals surface area contributed by atoms with E-state index in [1.54, 1.807) is 40.2 Å². The van der Waals surface area contributed by atoms with Crippen LogP contribution in [0.2, 0.25) is 0 Å². The minimum Gasteiger partial charge on any atom is -0.481 e. The molecule has 1 N–H and O–H groups in total. The van der Waals surface area contributed by atoms with Crippen molar-refractivity contribution in [2.24, 2.45) is 0 Å². The number of aromatic nitrogens is 3. The number of ether oxygens (including phenoxy) is 1. The van der Waals surface area contributed by atoms with Crippen LogP contribution >= 0.6 is 0 Å². The summed E-state index contributed by atoms with van der Waals surface area (Å²) >= 11 is 0. The van der Waals surface area contributed by atoms with E-state index < -0.39 is 28.4 Å². The van der Waals surface area contributed by atoms with Crippen molar-refractivity contribution in [1.82, 2.24) is 19.9 Å². The summed E-state index contributed by atoms with van der Waals surface area (Å²) in [5, 5.41) is 15.0. The molecular formula is C29H30F3N7O4. The molecule has 226 valence electrons. The van der Waals surface area contributed by atoms with E-state index in [0.717, 1.165) is 12.1 Å². The van der Waals surface area contributed by atoms with Crippen LogP contribution < -0.4 is 15.0 Å². The Labute approximate surface area is 245 Å². The molecule has 2 aromatic heterocycles. The maximum Gasteiger partial charge on any atom is 0.416 e. The number of nitrogens with zero attached hydrogens (tertiary/aromatic N) is 6. The topological polar surface area (TPSA) is 127 Å². The molecule has 0 radical (unpaired) electrons. The molecule has 2 aromatic carbocycles. The highest BCUT2D eigenvalue weighted by Crippen LogP contribution is 2.36. The molecule has 0 unspecified atom stereocenters. The van der Waals surface area contributed by atoms with Gasteiger partial charge in [0.15, 0.2) is 0 Å². The molecule has 0 aliphatic carbocycles. The predicted octanol–water partition coefficient (Wildman–Crippen LogP) is 5.84. The van der Waals surface area contributed by atoms with Gasteiger partial charge >= 0.3 is 6.18 Å². The first-order valence-corrected chi connectivity index (χ1v) is 13.1. The first kappa shape index (κ1) is 30.9. The number of benzene rings is 2. The molecule has 0 fully saturated rings. The van der Waals surface area contributed by atoms with Crippen LogP contribution in [0.5, 0.6) is 5.88 Å². The van der Waals surface area contributed by atoms with E-state index in [1.165, 1.54) is 12.0 Å². The highest BCUT2D eigenvalue weighted by Gasteiger charge is 2.33. The maximum atomic E-state index is 13.5. The number of carbonyl (C=O) groups is 1. The number of amides is 1. The minimum absolute atomic E-state index is 0.0725. The standard InChI is InChI=1S/C29H30F3N7O4/c1-16(18-9-20(29(30,31)32)13-22(10-18)39(41)42)34-27-24-14-21(7-8-25(24)35-17(2)36-27)38(5)23-11-19(12-26(40)37(3)4)28(43-6)33-15-23/h7-11,13-16H,12H2,1-6H3,(H,34,35,36)/t16-/m1/s1. The molecule has 0 saturated heterocycles. The number of aryl methyl sites for hydroxylation is 1. The Balaban J connectivity index is 1.72. The molecule has 14 heteroatoms. The number of non-ortho nitro benzene ring substituents is 1. The van der Waals surface area contributed by atoms with Crippen LogP contribution in [0.1, 0.15) is 35.5 Å². The fourth-order valence-electron chi connectivity index (χ4n) is 4.44. The molecule has 0 spiro atoms. The number of alkyl halides is 3. The average molecular weight is 598 g/mol. The second kappa shape index (κ2) is 12.1. The summed E-state index contributed by atoms with van der Waals surface area (Å²) in [5.41, 5.74) is 0.874. The number of rotatable bonds is 9. The van der Waals surface area contributed by atoms with Gasteiger partial charge in [-0.2, -0.15) is 13.2 Å². The van der Waals surface area contributed by atoms with Crippen LogP contribution in [0, 0.1) is 17.0 Å². The highest BCUT2D eigenvalue weighted by molar-refractivity contribution is 5.92. The van der Waals surface area contributed by atoms with Gasteiger partial charge in [-0.25, -0.2) is 15.0 Å². The van der Waals surface area contributed by atoms with Gasteiger partial charge in [0.05, 0.1) is 47.5 Å². The number of anilines is 3. The largest absolute Gasteiger partial charge is 0.481 e. The number of halogens is 3. The van der Waals surface area contributed by atoms with Crippen LogP contribution in [0.15, 0.2) is 48.7 Å². The lowest BCUT2D eigenvalue weighted by Gasteiger charge is -2.22. The molecule has 4 rings (SSSR count). The monoisotopic (exact) mass is 597 g/mol. The number of nitro benzene ring substituents is 1. The van der Waals surface area contributed by atoms with E-state index in [9.17, 15) is 28.1 Å².